The molecule has 0 saturated carbocycles. The first-order valence-corrected chi connectivity index (χ1v) is 5.98. The van der Waals surface area contributed by atoms with E-state index in [1.807, 2.05) is 12.1 Å². The fourth-order valence-corrected chi connectivity index (χ4v) is 1.60. The van der Waals surface area contributed by atoms with Crippen LogP contribution in [0.1, 0.15) is 46.1 Å². The van der Waals surface area contributed by atoms with Gasteiger partial charge in [0, 0.05) is 11.8 Å². The summed E-state index contributed by atoms with van der Waals surface area (Å²) in [5, 5.41) is 0. The highest BCUT2D eigenvalue weighted by Gasteiger charge is 2.18. The number of rotatable bonds is 4. The Labute approximate surface area is 98.8 Å². The Morgan fingerprint density at radius 3 is 2.50 bits per heavy atom. The molecule has 16 heavy (non-hydrogen) atoms. The van der Waals surface area contributed by atoms with E-state index in [1.54, 1.807) is 0 Å². The maximum absolute atomic E-state index is 5.80. The second-order valence-corrected chi connectivity index (χ2v) is 5.21. The molecular formula is C14H23NO. The predicted molar refractivity (Wildman–Crippen MR) is 70.0 cm³/mol. The number of unbranched alkanes of at least 4 members (excludes halogenated alkanes) is 1. The third kappa shape index (κ3) is 3.44. The molecule has 0 unspecified atom stereocenters. The van der Waals surface area contributed by atoms with Crippen molar-refractivity contribution in [3.63, 3.8) is 0 Å². The average molecular weight is 221 g/mol. The van der Waals surface area contributed by atoms with Crippen molar-refractivity contribution >= 4 is 5.69 Å². The standard InChI is InChI=1S/C14H23NO/c1-5-6-9-16-13-10-11(15)7-8-12(13)14(2,3)4/h7-8,10H,5-6,9,15H2,1-4H3. The van der Waals surface area contributed by atoms with Crippen molar-refractivity contribution in [1.82, 2.24) is 0 Å². The molecule has 0 radical (unpaired) electrons. The van der Waals surface area contributed by atoms with Gasteiger partial charge in [-0.15, -0.1) is 0 Å². The molecule has 2 heteroatoms. The summed E-state index contributed by atoms with van der Waals surface area (Å²) >= 11 is 0. The lowest BCUT2D eigenvalue weighted by atomic mass is 9.86. The van der Waals surface area contributed by atoms with E-state index in [1.165, 1.54) is 5.56 Å². The highest BCUT2D eigenvalue weighted by atomic mass is 16.5. The molecule has 90 valence electrons. The molecule has 0 heterocycles. The van der Waals surface area contributed by atoms with Gasteiger partial charge in [-0.05, 0) is 23.5 Å². The minimum atomic E-state index is 0.0925. The minimum Gasteiger partial charge on any atom is -0.493 e. The molecule has 2 nitrogen and oxygen atoms in total. The van der Waals surface area contributed by atoms with Crippen LogP contribution < -0.4 is 10.5 Å². The van der Waals surface area contributed by atoms with E-state index in [9.17, 15) is 0 Å². The highest BCUT2D eigenvalue weighted by molar-refractivity contribution is 5.50. The van der Waals surface area contributed by atoms with Crippen LogP contribution in [0.15, 0.2) is 18.2 Å². The average Bonchev–Trinajstić information content (AvgIpc) is 2.16. The van der Waals surface area contributed by atoms with Crippen LogP contribution >= 0.6 is 0 Å². The third-order valence-corrected chi connectivity index (χ3v) is 2.57. The maximum atomic E-state index is 5.80. The van der Waals surface area contributed by atoms with Crippen LogP contribution in [0.25, 0.3) is 0 Å². The lowest BCUT2D eigenvalue weighted by Gasteiger charge is -2.23. The molecule has 1 aromatic carbocycles. The van der Waals surface area contributed by atoms with Crippen molar-refractivity contribution in [2.45, 2.75) is 46.0 Å². The third-order valence-electron chi connectivity index (χ3n) is 2.57. The summed E-state index contributed by atoms with van der Waals surface area (Å²) < 4.78 is 5.80. The Morgan fingerprint density at radius 2 is 1.94 bits per heavy atom. The Balaban J connectivity index is 2.90. The molecule has 0 aliphatic rings. The number of ether oxygens (including phenoxy) is 1. The summed E-state index contributed by atoms with van der Waals surface area (Å²) in [4.78, 5) is 0. The number of nitrogens with two attached hydrogens (primary N) is 1. The van der Waals surface area contributed by atoms with Crippen molar-refractivity contribution in [1.29, 1.82) is 0 Å². The van der Waals surface area contributed by atoms with Gasteiger partial charge in [0.1, 0.15) is 5.75 Å². The van der Waals surface area contributed by atoms with Crippen LogP contribution in [-0.4, -0.2) is 6.61 Å². The molecule has 1 rings (SSSR count). The van der Waals surface area contributed by atoms with Gasteiger partial charge in [0.25, 0.3) is 0 Å². The molecule has 0 aliphatic heterocycles. The second kappa shape index (κ2) is 5.24. The number of anilines is 1. The topological polar surface area (TPSA) is 35.2 Å². The van der Waals surface area contributed by atoms with Gasteiger partial charge < -0.3 is 10.5 Å². The Morgan fingerprint density at radius 1 is 1.25 bits per heavy atom. The minimum absolute atomic E-state index is 0.0925. The van der Waals surface area contributed by atoms with Crippen molar-refractivity contribution < 1.29 is 4.74 Å². The van der Waals surface area contributed by atoms with Gasteiger partial charge in [0.15, 0.2) is 0 Å². The molecule has 0 atom stereocenters. The van der Waals surface area contributed by atoms with Crippen LogP contribution in [0.5, 0.6) is 5.75 Å². The van der Waals surface area contributed by atoms with E-state index in [2.05, 4.69) is 33.8 Å². The summed E-state index contributed by atoms with van der Waals surface area (Å²) in [5.41, 5.74) is 7.87. The van der Waals surface area contributed by atoms with Crippen molar-refractivity contribution in [3.8, 4) is 5.75 Å². The number of hydrogen-bond donors (Lipinski definition) is 1. The molecule has 0 amide bonds. The molecule has 2 N–H and O–H groups in total. The maximum Gasteiger partial charge on any atom is 0.125 e. The summed E-state index contributed by atoms with van der Waals surface area (Å²) in [6.07, 6.45) is 2.23. The largest absolute Gasteiger partial charge is 0.493 e. The van der Waals surface area contributed by atoms with Crippen LogP contribution in [0, 0.1) is 0 Å². The van der Waals surface area contributed by atoms with Crippen LogP contribution in [0.4, 0.5) is 5.69 Å². The number of nitrogen functional groups attached to an aromatic ring is 1. The number of hydrogen-bond acceptors (Lipinski definition) is 2. The van der Waals surface area contributed by atoms with Gasteiger partial charge in [-0.2, -0.15) is 0 Å². The van der Waals surface area contributed by atoms with Crippen molar-refractivity contribution in [3.05, 3.63) is 23.8 Å². The molecule has 0 fully saturated rings. The smallest absolute Gasteiger partial charge is 0.125 e. The van der Waals surface area contributed by atoms with E-state index >= 15 is 0 Å². The summed E-state index contributed by atoms with van der Waals surface area (Å²) in [7, 11) is 0. The molecule has 0 spiro atoms. The zero-order chi connectivity index (χ0) is 12.2. The van der Waals surface area contributed by atoms with Crippen LogP contribution in [-0.2, 0) is 5.41 Å². The summed E-state index contributed by atoms with van der Waals surface area (Å²) in [5.74, 6) is 0.931. The van der Waals surface area contributed by atoms with Crippen LogP contribution in [0.3, 0.4) is 0 Å². The first-order chi connectivity index (χ1) is 7.45. The van der Waals surface area contributed by atoms with Gasteiger partial charge in [0.05, 0.1) is 6.61 Å². The molecule has 0 aromatic heterocycles. The van der Waals surface area contributed by atoms with Crippen molar-refractivity contribution in [2.24, 2.45) is 0 Å². The number of benzene rings is 1. The molecule has 0 saturated heterocycles. The van der Waals surface area contributed by atoms with E-state index in [0.717, 1.165) is 30.9 Å². The first-order valence-electron chi connectivity index (χ1n) is 5.98. The van der Waals surface area contributed by atoms with Crippen LogP contribution in [0.2, 0.25) is 0 Å². The summed E-state index contributed by atoms with van der Waals surface area (Å²) in [6.45, 7) is 9.48. The van der Waals surface area contributed by atoms with Gasteiger partial charge in [0.2, 0.25) is 0 Å². The van der Waals surface area contributed by atoms with E-state index in [-0.39, 0.29) is 5.41 Å². The Bertz CT molecular complexity index is 339. The lowest BCUT2D eigenvalue weighted by Crippen LogP contribution is -2.14. The van der Waals surface area contributed by atoms with E-state index in [0.29, 0.717) is 0 Å². The normalized spacial score (nSPS) is 11.5. The van der Waals surface area contributed by atoms with Gasteiger partial charge >= 0.3 is 0 Å². The fourth-order valence-electron chi connectivity index (χ4n) is 1.60. The van der Waals surface area contributed by atoms with Gasteiger partial charge in [-0.3, -0.25) is 0 Å². The van der Waals surface area contributed by atoms with E-state index in [4.69, 9.17) is 10.5 Å². The molecule has 0 aliphatic carbocycles. The monoisotopic (exact) mass is 221 g/mol. The summed E-state index contributed by atoms with van der Waals surface area (Å²) in [6, 6.07) is 5.93. The lowest BCUT2D eigenvalue weighted by molar-refractivity contribution is 0.301. The molecular weight excluding hydrogens is 198 g/mol. The zero-order valence-electron chi connectivity index (χ0n) is 10.8. The zero-order valence-corrected chi connectivity index (χ0v) is 10.8. The SMILES string of the molecule is CCCCOc1cc(N)ccc1C(C)(C)C. The molecule has 1 aromatic rings. The predicted octanol–water partition coefficient (Wildman–Crippen LogP) is 3.75. The quantitative estimate of drug-likeness (QED) is 0.621. The van der Waals surface area contributed by atoms with E-state index < -0.39 is 0 Å². The van der Waals surface area contributed by atoms with Crippen molar-refractivity contribution in [2.75, 3.05) is 12.3 Å². The van der Waals surface area contributed by atoms with Gasteiger partial charge in [-0.25, -0.2) is 0 Å². The first kappa shape index (κ1) is 12.9. The van der Waals surface area contributed by atoms with Gasteiger partial charge in [-0.1, -0.05) is 40.2 Å². The highest BCUT2D eigenvalue weighted by Crippen LogP contribution is 2.32. The molecule has 0 bridgehead atoms. The Hall–Kier alpha value is -1.18. The Kier molecular flexibility index (Phi) is 4.22. The second-order valence-electron chi connectivity index (χ2n) is 5.21. The fraction of sp³-hybridized carbons (Fsp3) is 0.571.